The Hall–Kier alpha value is -1.16. The van der Waals surface area contributed by atoms with Gasteiger partial charge in [0.1, 0.15) is 0 Å². The summed E-state index contributed by atoms with van der Waals surface area (Å²) in [5.41, 5.74) is 2.83. The van der Waals surface area contributed by atoms with Gasteiger partial charge in [0.25, 0.3) is 0 Å². The maximum atomic E-state index is 3.75. The zero-order valence-corrected chi connectivity index (χ0v) is 13.9. The summed E-state index contributed by atoms with van der Waals surface area (Å²) < 4.78 is 0. The van der Waals surface area contributed by atoms with Crippen molar-refractivity contribution < 1.29 is 0 Å². The molecule has 0 aliphatic carbocycles. The third-order valence-corrected chi connectivity index (χ3v) is 5.49. The molecule has 2 aromatic rings. The Bertz CT molecular complexity index is 566. The molecule has 1 aliphatic heterocycles. The number of nitrogens with zero attached hydrogens (tertiary/aromatic N) is 1. The number of rotatable bonds is 3. The molecule has 3 atom stereocenters. The molecule has 1 N–H and O–H groups in total. The SMILES string of the molecule is CC1CNC(C)(c2ccccc2)CN1C(C)c1ccsc1. The Morgan fingerprint density at radius 1 is 1.29 bits per heavy atom. The predicted molar refractivity (Wildman–Crippen MR) is 90.7 cm³/mol. The molecule has 1 saturated heterocycles. The quantitative estimate of drug-likeness (QED) is 0.921. The lowest BCUT2D eigenvalue weighted by atomic mass is 9.87. The second kappa shape index (κ2) is 5.91. The average molecular weight is 300 g/mol. The van der Waals surface area contributed by atoms with E-state index in [-0.39, 0.29) is 5.54 Å². The molecule has 2 heterocycles. The maximum Gasteiger partial charge on any atom is 0.0535 e. The van der Waals surface area contributed by atoms with Gasteiger partial charge in [-0.2, -0.15) is 11.3 Å². The Morgan fingerprint density at radius 3 is 2.71 bits per heavy atom. The first-order valence-corrected chi connectivity index (χ1v) is 8.63. The molecule has 1 aliphatic rings. The zero-order chi connectivity index (χ0) is 14.9. The van der Waals surface area contributed by atoms with Gasteiger partial charge in [-0.1, -0.05) is 30.3 Å². The molecule has 21 heavy (non-hydrogen) atoms. The third kappa shape index (κ3) is 2.91. The van der Waals surface area contributed by atoms with Crippen LogP contribution in [0.4, 0.5) is 0 Å². The third-order valence-electron chi connectivity index (χ3n) is 4.79. The van der Waals surface area contributed by atoms with E-state index in [1.54, 1.807) is 11.3 Å². The Labute approximate surface area is 131 Å². The van der Waals surface area contributed by atoms with E-state index in [1.165, 1.54) is 11.1 Å². The van der Waals surface area contributed by atoms with Crippen LogP contribution in [0.2, 0.25) is 0 Å². The summed E-state index contributed by atoms with van der Waals surface area (Å²) in [5, 5.41) is 8.21. The molecular formula is C18H24N2S. The van der Waals surface area contributed by atoms with E-state index < -0.39 is 0 Å². The molecule has 3 heteroatoms. The molecule has 0 radical (unpaired) electrons. The lowest BCUT2D eigenvalue weighted by Crippen LogP contribution is -2.60. The molecule has 3 unspecified atom stereocenters. The van der Waals surface area contributed by atoms with Crippen LogP contribution in [-0.2, 0) is 5.54 Å². The highest BCUT2D eigenvalue weighted by Crippen LogP contribution is 2.32. The largest absolute Gasteiger partial charge is 0.305 e. The predicted octanol–water partition coefficient (Wildman–Crippen LogP) is 4.02. The highest BCUT2D eigenvalue weighted by Gasteiger charge is 2.37. The van der Waals surface area contributed by atoms with Crippen molar-refractivity contribution >= 4 is 11.3 Å². The minimum Gasteiger partial charge on any atom is -0.305 e. The average Bonchev–Trinajstić information content (AvgIpc) is 3.04. The zero-order valence-electron chi connectivity index (χ0n) is 13.0. The van der Waals surface area contributed by atoms with Crippen molar-refractivity contribution in [1.82, 2.24) is 10.2 Å². The van der Waals surface area contributed by atoms with Gasteiger partial charge in [-0.25, -0.2) is 0 Å². The van der Waals surface area contributed by atoms with Crippen LogP contribution in [-0.4, -0.2) is 24.0 Å². The van der Waals surface area contributed by atoms with Crippen LogP contribution in [0.3, 0.4) is 0 Å². The lowest BCUT2D eigenvalue weighted by molar-refractivity contribution is 0.0604. The van der Waals surface area contributed by atoms with Gasteiger partial charge in [-0.05, 0) is 48.7 Å². The summed E-state index contributed by atoms with van der Waals surface area (Å²) in [6.45, 7) is 9.03. The lowest BCUT2D eigenvalue weighted by Gasteiger charge is -2.48. The second-order valence-corrected chi connectivity index (χ2v) is 7.11. The van der Waals surface area contributed by atoms with E-state index in [2.05, 4.69) is 78.1 Å². The number of benzene rings is 1. The summed E-state index contributed by atoms with van der Waals surface area (Å²) >= 11 is 1.79. The molecule has 2 nitrogen and oxygen atoms in total. The molecule has 0 bridgehead atoms. The Kier molecular flexibility index (Phi) is 4.16. The fraction of sp³-hybridized carbons (Fsp3) is 0.444. The van der Waals surface area contributed by atoms with Gasteiger partial charge in [0.15, 0.2) is 0 Å². The highest BCUT2D eigenvalue weighted by atomic mass is 32.1. The minimum atomic E-state index is 0.0258. The minimum absolute atomic E-state index is 0.0258. The van der Waals surface area contributed by atoms with E-state index in [0.29, 0.717) is 12.1 Å². The van der Waals surface area contributed by atoms with E-state index in [9.17, 15) is 0 Å². The second-order valence-electron chi connectivity index (χ2n) is 6.33. The van der Waals surface area contributed by atoms with E-state index >= 15 is 0 Å². The molecule has 0 amide bonds. The number of hydrogen-bond acceptors (Lipinski definition) is 3. The number of thiophene rings is 1. The topological polar surface area (TPSA) is 15.3 Å². The summed E-state index contributed by atoms with van der Waals surface area (Å²) in [5.74, 6) is 0. The molecule has 3 rings (SSSR count). The van der Waals surface area contributed by atoms with Gasteiger partial charge in [0, 0.05) is 25.2 Å². The van der Waals surface area contributed by atoms with Crippen molar-refractivity contribution in [2.45, 2.75) is 38.4 Å². The Morgan fingerprint density at radius 2 is 2.05 bits per heavy atom. The normalized spacial score (nSPS) is 28.4. The van der Waals surface area contributed by atoms with Crippen LogP contribution in [0.5, 0.6) is 0 Å². The van der Waals surface area contributed by atoms with Crippen LogP contribution in [0, 0.1) is 0 Å². The van der Waals surface area contributed by atoms with Crippen molar-refractivity contribution in [3.63, 3.8) is 0 Å². The first kappa shape index (κ1) is 14.8. The smallest absolute Gasteiger partial charge is 0.0535 e. The van der Waals surface area contributed by atoms with Crippen LogP contribution >= 0.6 is 11.3 Å². The summed E-state index contributed by atoms with van der Waals surface area (Å²) in [7, 11) is 0. The van der Waals surface area contributed by atoms with Gasteiger partial charge >= 0.3 is 0 Å². The van der Waals surface area contributed by atoms with Gasteiger partial charge in [0.05, 0.1) is 5.54 Å². The van der Waals surface area contributed by atoms with E-state index in [0.717, 1.165) is 13.1 Å². The molecule has 1 aromatic heterocycles. The van der Waals surface area contributed by atoms with Crippen LogP contribution < -0.4 is 5.32 Å². The summed E-state index contributed by atoms with van der Waals surface area (Å²) in [6, 6.07) is 14.1. The number of piperazine rings is 1. The van der Waals surface area contributed by atoms with E-state index in [4.69, 9.17) is 0 Å². The van der Waals surface area contributed by atoms with E-state index in [1.807, 2.05) is 0 Å². The summed E-state index contributed by atoms with van der Waals surface area (Å²) in [6.07, 6.45) is 0. The highest BCUT2D eigenvalue weighted by molar-refractivity contribution is 7.07. The van der Waals surface area contributed by atoms with Crippen molar-refractivity contribution in [1.29, 1.82) is 0 Å². The maximum absolute atomic E-state index is 3.75. The van der Waals surface area contributed by atoms with Crippen molar-refractivity contribution in [2.75, 3.05) is 13.1 Å². The molecular weight excluding hydrogens is 276 g/mol. The van der Waals surface area contributed by atoms with Crippen LogP contribution in [0.15, 0.2) is 47.2 Å². The number of nitrogens with one attached hydrogen (secondary N) is 1. The summed E-state index contributed by atoms with van der Waals surface area (Å²) in [4.78, 5) is 2.63. The van der Waals surface area contributed by atoms with Crippen molar-refractivity contribution in [3.05, 3.63) is 58.3 Å². The molecule has 1 aromatic carbocycles. The molecule has 1 fully saturated rings. The molecule has 0 saturated carbocycles. The monoisotopic (exact) mass is 300 g/mol. The van der Waals surface area contributed by atoms with Gasteiger partial charge in [-0.15, -0.1) is 0 Å². The first-order chi connectivity index (χ1) is 10.1. The Balaban J connectivity index is 1.85. The molecule has 0 spiro atoms. The van der Waals surface area contributed by atoms with Crippen LogP contribution in [0.25, 0.3) is 0 Å². The fourth-order valence-electron chi connectivity index (χ4n) is 3.29. The fourth-order valence-corrected chi connectivity index (χ4v) is 4.04. The van der Waals surface area contributed by atoms with Crippen molar-refractivity contribution in [3.8, 4) is 0 Å². The van der Waals surface area contributed by atoms with Gasteiger partial charge < -0.3 is 5.32 Å². The number of hydrogen-bond donors (Lipinski definition) is 1. The van der Waals surface area contributed by atoms with Crippen molar-refractivity contribution in [2.24, 2.45) is 0 Å². The van der Waals surface area contributed by atoms with Crippen LogP contribution in [0.1, 0.15) is 37.9 Å². The first-order valence-electron chi connectivity index (χ1n) is 7.68. The molecule has 112 valence electrons. The van der Waals surface area contributed by atoms with Gasteiger partial charge in [0.2, 0.25) is 0 Å². The standard InChI is InChI=1S/C18H24N2S/c1-14-11-19-18(3,17-7-5-4-6-8-17)13-20(14)15(2)16-9-10-21-12-16/h4-10,12,14-15,19H,11,13H2,1-3H3. The van der Waals surface area contributed by atoms with Gasteiger partial charge in [-0.3, -0.25) is 4.90 Å².